The number of ether oxygens (including phenoxy) is 1. The van der Waals surface area contributed by atoms with Crippen molar-refractivity contribution in [3.63, 3.8) is 0 Å². The molecule has 0 saturated carbocycles. The van der Waals surface area contributed by atoms with Gasteiger partial charge in [0.2, 0.25) is 0 Å². The van der Waals surface area contributed by atoms with Crippen LogP contribution < -0.4 is 4.74 Å². The molecule has 0 unspecified atom stereocenters. The number of halogens is 3. The molecule has 1 aliphatic heterocycles. The molecule has 0 amide bonds. The molecule has 1 saturated heterocycles. The van der Waals surface area contributed by atoms with Crippen LogP contribution in [0.3, 0.4) is 0 Å². The van der Waals surface area contributed by atoms with E-state index in [1.54, 1.807) is 6.07 Å². The second-order valence-electron chi connectivity index (χ2n) is 8.42. The highest BCUT2D eigenvalue weighted by Crippen LogP contribution is 2.45. The fraction of sp³-hybridized carbons (Fsp3) is 0.391. The molecule has 5 rings (SSSR count). The molecule has 1 N–H and O–H groups in total. The molecule has 3 atom stereocenters. The lowest BCUT2D eigenvalue weighted by Crippen LogP contribution is -2.39. The smallest absolute Gasteiger partial charge is 0.141 e. The summed E-state index contributed by atoms with van der Waals surface area (Å²) in [5, 5.41) is 20.1. The van der Waals surface area contributed by atoms with Crippen LogP contribution in [-0.2, 0) is 6.42 Å². The van der Waals surface area contributed by atoms with E-state index in [1.807, 2.05) is 42.7 Å². The summed E-state index contributed by atoms with van der Waals surface area (Å²) in [6.45, 7) is 5.18. The van der Waals surface area contributed by atoms with Gasteiger partial charge in [-0.15, -0.1) is 10.2 Å². The zero-order valence-corrected chi connectivity index (χ0v) is 20.0. The van der Waals surface area contributed by atoms with Crippen LogP contribution >= 0.6 is 34.8 Å². The minimum atomic E-state index is -0.329. The van der Waals surface area contributed by atoms with Gasteiger partial charge >= 0.3 is 0 Å². The maximum Gasteiger partial charge on any atom is 0.141 e. The van der Waals surface area contributed by atoms with E-state index in [1.165, 1.54) is 0 Å². The van der Waals surface area contributed by atoms with Crippen LogP contribution in [0, 0.1) is 13.8 Å². The molecule has 1 aliphatic carbocycles. The lowest BCUT2D eigenvalue weighted by atomic mass is 10.1. The Labute approximate surface area is 201 Å². The van der Waals surface area contributed by atoms with Crippen LogP contribution in [0.4, 0.5) is 0 Å². The van der Waals surface area contributed by atoms with Gasteiger partial charge in [-0.25, -0.2) is 0 Å². The van der Waals surface area contributed by atoms with E-state index in [9.17, 15) is 5.11 Å². The van der Waals surface area contributed by atoms with E-state index in [0.29, 0.717) is 27.4 Å². The third kappa shape index (κ3) is 3.78. The van der Waals surface area contributed by atoms with Crippen LogP contribution in [0.15, 0.2) is 30.3 Å². The van der Waals surface area contributed by atoms with Gasteiger partial charge in [-0.1, -0.05) is 40.9 Å². The number of β-amino-alcohol motifs (C(OH)–C–C–N with tert-alkyl or cyclic N) is 1. The first-order valence-corrected chi connectivity index (χ1v) is 11.7. The Balaban J connectivity index is 1.55. The second-order valence-corrected chi connectivity index (χ2v) is 9.64. The average molecular weight is 494 g/mol. The molecular formula is C23H23Cl3N4O2. The van der Waals surface area contributed by atoms with Gasteiger partial charge < -0.3 is 9.84 Å². The second kappa shape index (κ2) is 8.50. The molecule has 32 heavy (non-hydrogen) atoms. The Morgan fingerprint density at radius 3 is 2.53 bits per heavy atom. The molecule has 1 aromatic heterocycles. The molecule has 2 aromatic carbocycles. The van der Waals surface area contributed by atoms with E-state index in [0.717, 1.165) is 47.8 Å². The van der Waals surface area contributed by atoms with Gasteiger partial charge in [-0.05, 0) is 56.5 Å². The van der Waals surface area contributed by atoms with E-state index in [2.05, 4.69) is 15.1 Å². The van der Waals surface area contributed by atoms with Crippen molar-refractivity contribution in [3.8, 4) is 11.4 Å². The summed E-state index contributed by atoms with van der Waals surface area (Å²) in [5.41, 5.74) is 2.76. The fourth-order valence-electron chi connectivity index (χ4n) is 4.86. The lowest BCUT2D eigenvalue weighted by molar-refractivity contribution is 0.0819. The molecule has 2 aliphatic rings. The highest BCUT2D eigenvalue weighted by Gasteiger charge is 2.42. The maximum atomic E-state index is 10.1. The number of benzene rings is 2. The summed E-state index contributed by atoms with van der Waals surface area (Å²) < 4.78 is 8.50. The number of aryl methyl sites for hydroxylation is 2. The third-order valence-corrected chi connectivity index (χ3v) is 7.29. The zero-order valence-electron chi connectivity index (χ0n) is 17.7. The summed E-state index contributed by atoms with van der Waals surface area (Å²) in [4.78, 5) is 2.27. The van der Waals surface area contributed by atoms with Gasteiger partial charge in [0, 0.05) is 28.7 Å². The van der Waals surface area contributed by atoms with Gasteiger partial charge in [0.1, 0.15) is 28.5 Å². The molecule has 0 radical (unpaired) electrons. The molecular weight excluding hydrogens is 471 g/mol. The first kappa shape index (κ1) is 22.0. The summed E-state index contributed by atoms with van der Waals surface area (Å²) in [5.74, 6) is 2.06. The van der Waals surface area contributed by atoms with Crippen molar-refractivity contribution in [2.75, 3.05) is 13.1 Å². The van der Waals surface area contributed by atoms with Crippen molar-refractivity contribution >= 4 is 34.8 Å². The predicted molar refractivity (Wildman–Crippen MR) is 125 cm³/mol. The van der Waals surface area contributed by atoms with Crippen molar-refractivity contribution in [2.45, 2.75) is 44.9 Å². The lowest BCUT2D eigenvalue weighted by Gasteiger charge is -2.30. The van der Waals surface area contributed by atoms with Crippen molar-refractivity contribution < 1.29 is 9.84 Å². The summed E-state index contributed by atoms with van der Waals surface area (Å²) >= 11 is 19.7. The van der Waals surface area contributed by atoms with E-state index in [4.69, 9.17) is 39.5 Å². The van der Waals surface area contributed by atoms with E-state index < -0.39 is 0 Å². The number of likely N-dealkylation sites (tertiary alicyclic amines) is 1. The maximum absolute atomic E-state index is 10.1. The van der Waals surface area contributed by atoms with Crippen molar-refractivity contribution in [1.29, 1.82) is 0 Å². The number of hydrogen-bond donors (Lipinski definition) is 1. The van der Waals surface area contributed by atoms with Crippen LogP contribution in [0.2, 0.25) is 15.1 Å². The molecule has 1 fully saturated rings. The predicted octanol–water partition coefficient (Wildman–Crippen LogP) is 4.96. The number of hydrogen-bond acceptors (Lipinski definition) is 5. The topological polar surface area (TPSA) is 63.4 Å². The molecule has 168 valence electrons. The first-order chi connectivity index (χ1) is 15.3. The Hall–Kier alpha value is -1.83. The SMILES string of the molecule is Cc1nnc(C)n1-c1cccc(O[C@H]2c3cc(Cl)cc(Cl)c3C[C@@H]2N2CC[C@@H](O)C2)c1Cl. The molecule has 0 bridgehead atoms. The van der Waals surface area contributed by atoms with Crippen molar-refractivity contribution in [3.05, 3.63) is 68.2 Å². The minimum absolute atomic E-state index is 0.0243. The number of aliphatic hydroxyl groups is 1. The van der Waals surface area contributed by atoms with Crippen LogP contribution in [0.1, 0.15) is 35.3 Å². The number of fused-ring (bicyclic) bond motifs is 1. The number of rotatable bonds is 4. The van der Waals surface area contributed by atoms with Crippen molar-refractivity contribution in [1.82, 2.24) is 19.7 Å². The van der Waals surface area contributed by atoms with E-state index >= 15 is 0 Å². The normalized spacial score (nSPS) is 23.0. The van der Waals surface area contributed by atoms with Gasteiger partial charge in [-0.3, -0.25) is 9.47 Å². The van der Waals surface area contributed by atoms with Gasteiger partial charge in [0.25, 0.3) is 0 Å². The first-order valence-electron chi connectivity index (χ1n) is 10.6. The van der Waals surface area contributed by atoms with Crippen molar-refractivity contribution in [2.24, 2.45) is 0 Å². The van der Waals surface area contributed by atoms with E-state index in [-0.39, 0.29) is 18.2 Å². The summed E-state index contributed by atoms with van der Waals surface area (Å²) in [6.07, 6.45) is 0.826. The zero-order chi connectivity index (χ0) is 22.6. The van der Waals surface area contributed by atoms with Crippen LogP contribution in [-0.4, -0.2) is 50.0 Å². The standard InChI is InChI=1S/C23H23Cl3N4O2/c1-12-27-28-13(2)30(12)19-4-3-5-21(22(19)26)32-23-17-8-14(24)9-18(25)16(17)10-20(23)29-7-6-15(31)11-29/h3-5,8-9,15,20,23,31H,6-7,10-11H2,1-2H3/t15-,20+,23+/m1/s1. The number of aliphatic hydroxyl groups excluding tert-OH is 1. The average Bonchev–Trinajstić information content (AvgIpc) is 3.42. The summed E-state index contributed by atoms with van der Waals surface area (Å²) in [7, 11) is 0. The minimum Gasteiger partial charge on any atom is -0.482 e. The monoisotopic (exact) mass is 492 g/mol. The van der Waals surface area contributed by atoms with Gasteiger partial charge in [-0.2, -0.15) is 0 Å². The largest absolute Gasteiger partial charge is 0.482 e. The Bertz CT molecular complexity index is 1160. The highest BCUT2D eigenvalue weighted by molar-refractivity contribution is 6.35. The Kier molecular flexibility index (Phi) is 5.84. The van der Waals surface area contributed by atoms with Gasteiger partial charge in [0.15, 0.2) is 0 Å². The fourth-order valence-corrected chi connectivity index (χ4v) is 5.71. The molecule has 3 aromatic rings. The summed E-state index contributed by atoms with van der Waals surface area (Å²) in [6, 6.07) is 9.41. The Morgan fingerprint density at radius 1 is 1.09 bits per heavy atom. The Morgan fingerprint density at radius 2 is 1.84 bits per heavy atom. The van der Waals surface area contributed by atoms with Crippen LogP contribution in [0.5, 0.6) is 5.75 Å². The molecule has 6 nitrogen and oxygen atoms in total. The quantitative estimate of drug-likeness (QED) is 0.557. The molecule has 9 heteroatoms. The van der Waals surface area contributed by atoms with Crippen LogP contribution in [0.25, 0.3) is 5.69 Å². The number of aromatic nitrogens is 3. The third-order valence-electron chi connectivity index (χ3n) is 6.35. The number of nitrogens with zero attached hydrogens (tertiary/aromatic N) is 4. The molecule has 2 heterocycles. The highest BCUT2D eigenvalue weighted by atomic mass is 35.5. The van der Waals surface area contributed by atoms with Gasteiger partial charge in [0.05, 0.1) is 17.8 Å². The molecule has 0 spiro atoms.